The maximum Gasteiger partial charge on any atom is 0.176 e. The topological polar surface area (TPSA) is 46.5 Å². The van der Waals surface area contributed by atoms with Crippen molar-refractivity contribution in [1.29, 1.82) is 0 Å². The van der Waals surface area contributed by atoms with Gasteiger partial charge in [0.05, 0.1) is 4.91 Å². The summed E-state index contributed by atoms with van der Waals surface area (Å²) in [6, 6.07) is 0. The molecule has 11 heavy (non-hydrogen) atoms. The van der Waals surface area contributed by atoms with Crippen molar-refractivity contribution >= 4 is 15.7 Å². The molecule has 0 saturated carbocycles. The maximum atomic E-state index is 10.9. The van der Waals surface area contributed by atoms with Gasteiger partial charge in [-0.15, -0.1) is 0 Å². The van der Waals surface area contributed by atoms with Gasteiger partial charge >= 0.3 is 0 Å². The fourth-order valence-electron chi connectivity index (χ4n) is 0.604. The van der Waals surface area contributed by atoms with Crippen molar-refractivity contribution in [1.82, 2.24) is 0 Å². The third-order valence-corrected chi connectivity index (χ3v) is 2.24. The summed E-state index contributed by atoms with van der Waals surface area (Å²) < 4.78 is 21.8. The third-order valence-electron chi connectivity index (χ3n) is 1.13. The Kier molecular flexibility index (Phi) is 2.08. The van der Waals surface area contributed by atoms with Gasteiger partial charge in [-0.2, -0.15) is 0 Å². The number of hydrogen-bond acceptors (Lipinski definition) is 3. The first kappa shape index (κ1) is 7.98. The van der Waals surface area contributed by atoms with Gasteiger partial charge in [-0.3, -0.25) is 0 Å². The lowest BCUT2D eigenvalue weighted by molar-refractivity contribution is 0.608. The minimum Gasteiger partial charge on any atom is -0.224 e. The van der Waals surface area contributed by atoms with Crippen LogP contribution in [0.4, 0.5) is 0 Å². The van der Waals surface area contributed by atoms with Gasteiger partial charge in [-0.1, -0.05) is 0 Å². The highest BCUT2D eigenvalue weighted by molar-refractivity contribution is 7.94. The molecule has 0 aromatic carbocycles. The molecule has 4 heteroatoms. The molecule has 1 aliphatic rings. The van der Waals surface area contributed by atoms with Crippen LogP contribution in [0.1, 0.15) is 0 Å². The first-order valence-electron chi connectivity index (χ1n) is 2.96. The van der Waals surface area contributed by atoms with E-state index in [9.17, 15) is 8.42 Å². The van der Waals surface area contributed by atoms with Crippen LogP contribution in [0.3, 0.4) is 0 Å². The van der Waals surface area contributed by atoms with E-state index < -0.39 is 9.84 Å². The van der Waals surface area contributed by atoms with Crippen LogP contribution >= 0.6 is 0 Å². The molecule has 0 unspecified atom stereocenters. The van der Waals surface area contributed by atoms with E-state index in [-0.39, 0.29) is 4.91 Å². The van der Waals surface area contributed by atoms with Crippen LogP contribution in [0.25, 0.3) is 0 Å². The van der Waals surface area contributed by atoms with E-state index in [0.717, 1.165) is 6.26 Å². The lowest BCUT2D eigenvalue weighted by Gasteiger charge is -1.92. The zero-order chi connectivity index (χ0) is 8.32. The summed E-state index contributed by atoms with van der Waals surface area (Å²) in [7, 11) is -3.12. The van der Waals surface area contributed by atoms with E-state index >= 15 is 0 Å². The molecule has 58 valence electrons. The summed E-state index contributed by atoms with van der Waals surface area (Å²) in [5, 5.41) is 0. The molecule has 3 nitrogen and oxygen atoms in total. The summed E-state index contributed by atoms with van der Waals surface area (Å²) >= 11 is 0. The Hall–Kier alpha value is -1.12. The third kappa shape index (κ3) is 2.18. The Morgan fingerprint density at radius 3 is 2.91 bits per heavy atom. The number of allylic oxidation sites excluding steroid dienone is 3. The molecular formula is C7H7NO2S. The molecule has 1 aliphatic heterocycles. The standard InChI is InChI=1S/C7H7NO2S/c1-11(9,10)7-3-2-5-8-6-4-7/h2-5H,1H3. The molecule has 0 bridgehead atoms. The fraction of sp³-hybridized carbons (Fsp3) is 0.143. The van der Waals surface area contributed by atoms with E-state index in [4.69, 9.17) is 0 Å². The highest BCUT2D eigenvalue weighted by atomic mass is 32.2. The lowest BCUT2D eigenvalue weighted by Crippen LogP contribution is -1.97. The molecule has 0 amide bonds. The number of hydrogen-bond donors (Lipinski definition) is 0. The molecule has 0 radical (unpaired) electrons. The second-order valence-electron chi connectivity index (χ2n) is 2.09. The maximum absolute atomic E-state index is 10.9. The lowest BCUT2D eigenvalue weighted by atomic mass is 10.5. The van der Waals surface area contributed by atoms with E-state index in [0.29, 0.717) is 0 Å². The molecule has 0 saturated heterocycles. The summed E-state index contributed by atoms with van der Waals surface area (Å²) in [4.78, 5) is 3.86. The molecule has 0 aromatic heterocycles. The number of sulfone groups is 1. The van der Waals surface area contributed by atoms with Crippen molar-refractivity contribution in [2.45, 2.75) is 0 Å². The van der Waals surface area contributed by atoms with Crippen molar-refractivity contribution in [2.24, 2.45) is 4.99 Å². The van der Waals surface area contributed by atoms with Crippen LogP contribution < -0.4 is 0 Å². The van der Waals surface area contributed by atoms with E-state index in [2.05, 4.69) is 10.9 Å². The average molecular weight is 169 g/mol. The van der Waals surface area contributed by atoms with E-state index in [1.165, 1.54) is 18.4 Å². The van der Waals surface area contributed by atoms with Crippen molar-refractivity contribution < 1.29 is 8.42 Å². The van der Waals surface area contributed by atoms with Gasteiger partial charge in [0.15, 0.2) is 9.84 Å². The van der Waals surface area contributed by atoms with E-state index in [1.54, 1.807) is 6.08 Å². The summed E-state index contributed by atoms with van der Waals surface area (Å²) in [5.41, 5.74) is 0. The van der Waals surface area contributed by atoms with Gasteiger partial charge in [-0.05, 0) is 18.0 Å². The highest BCUT2D eigenvalue weighted by Crippen LogP contribution is 2.05. The predicted molar refractivity (Wildman–Crippen MR) is 44.1 cm³/mol. The molecule has 0 atom stereocenters. The normalized spacial score (nSPS) is 16.3. The van der Waals surface area contributed by atoms with Crippen molar-refractivity contribution in [2.75, 3.05) is 6.26 Å². The minimum atomic E-state index is -3.12. The molecule has 0 N–H and O–H groups in total. The molecule has 0 fully saturated rings. The molecule has 1 heterocycles. The van der Waals surface area contributed by atoms with Crippen LogP contribution in [0.15, 0.2) is 34.3 Å². The van der Waals surface area contributed by atoms with Crippen molar-refractivity contribution in [3.8, 4) is 0 Å². The van der Waals surface area contributed by atoms with Crippen LogP contribution in [-0.4, -0.2) is 20.5 Å². The van der Waals surface area contributed by atoms with Gasteiger partial charge in [0.2, 0.25) is 0 Å². The first-order valence-corrected chi connectivity index (χ1v) is 4.85. The Bertz CT molecular complexity index is 367. The highest BCUT2D eigenvalue weighted by Gasteiger charge is 2.06. The van der Waals surface area contributed by atoms with Crippen LogP contribution in [0.5, 0.6) is 0 Å². The largest absolute Gasteiger partial charge is 0.224 e. The fourth-order valence-corrected chi connectivity index (χ4v) is 1.20. The molecule has 0 spiro atoms. The zero-order valence-electron chi connectivity index (χ0n) is 5.98. The van der Waals surface area contributed by atoms with Crippen molar-refractivity contribution in [3.63, 3.8) is 0 Å². The minimum absolute atomic E-state index is 0.231. The molecule has 1 rings (SSSR count). The number of rotatable bonds is 1. The number of aliphatic imine (C=N–C) groups is 1. The zero-order valence-corrected chi connectivity index (χ0v) is 6.80. The molecule has 0 aromatic rings. The monoisotopic (exact) mass is 169 g/mol. The molecule has 0 aliphatic carbocycles. The predicted octanol–water partition coefficient (Wildman–Crippen LogP) is 0.668. The quantitative estimate of drug-likeness (QED) is 0.579. The van der Waals surface area contributed by atoms with Gasteiger partial charge in [0.25, 0.3) is 0 Å². The Morgan fingerprint density at radius 1 is 1.55 bits per heavy atom. The Morgan fingerprint density at radius 2 is 2.27 bits per heavy atom. The second-order valence-corrected chi connectivity index (χ2v) is 4.10. The smallest absolute Gasteiger partial charge is 0.176 e. The van der Waals surface area contributed by atoms with Crippen LogP contribution in [-0.2, 0) is 9.84 Å². The SMILES string of the molecule is CS(=O)(=O)C1=CC=CN=C=C1. The summed E-state index contributed by atoms with van der Waals surface area (Å²) in [6.07, 6.45) is 7.02. The Labute approximate surface area is 65.4 Å². The summed E-state index contributed by atoms with van der Waals surface area (Å²) in [6.45, 7) is 0. The second kappa shape index (κ2) is 2.86. The van der Waals surface area contributed by atoms with E-state index in [1.807, 2.05) is 0 Å². The van der Waals surface area contributed by atoms with Gasteiger partial charge in [0.1, 0.15) is 0 Å². The summed E-state index contributed by atoms with van der Waals surface area (Å²) in [5.74, 6) is 2.47. The van der Waals surface area contributed by atoms with Gasteiger partial charge in [-0.25, -0.2) is 13.4 Å². The van der Waals surface area contributed by atoms with Gasteiger partial charge < -0.3 is 0 Å². The number of nitrogens with zero attached hydrogens (tertiary/aromatic N) is 1. The first-order chi connectivity index (χ1) is 5.11. The molecular weight excluding hydrogens is 162 g/mol. The van der Waals surface area contributed by atoms with Crippen molar-refractivity contribution in [3.05, 3.63) is 29.3 Å². The van der Waals surface area contributed by atoms with Crippen LogP contribution in [0, 0.1) is 0 Å². The Balaban J connectivity index is 3.18. The van der Waals surface area contributed by atoms with Crippen LogP contribution in [0.2, 0.25) is 0 Å². The average Bonchev–Trinajstić information content (AvgIpc) is 2.10. The van der Waals surface area contributed by atoms with Gasteiger partial charge in [0, 0.05) is 18.5 Å².